The van der Waals surface area contributed by atoms with Gasteiger partial charge in [0.2, 0.25) is 0 Å². The van der Waals surface area contributed by atoms with Gasteiger partial charge in [-0.1, -0.05) is 43.7 Å². The van der Waals surface area contributed by atoms with Crippen molar-refractivity contribution >= 4 is 6.08 Å². The highest BCUT2D eigenvalue weighted by Crippen LogP contribution is 2.42. The lowest BCUT2D eigenvalue weighted by Crippen LogP contribution is -2.26. The molecule has 0 aromatic heterocycles. The van der Waals surface area contributed by atoms with Gasteiger partial charge >= 0.3 is 0 Å². The van der Waals surface area contributed by atoms with E-state index in [0.29, 0.717) is 11.3 Å². The third kappa shape index (κ3) is 3.49. The Labute approximate surface area is 128 Å². The Hall–Kier alpha value is -1.70. The predicted molar refractivity (Wildman–Crippen MR) is 88.8 cm³/mol. The Balaban J connectivity index is 2.24. The second kappa shape index (κ2) is 6.38. The average Bonchev–Trinajstić information content (AvgIpc) is 2.45. The van der Waals surface area contributed by atoms with E-state index in [1.807, 2.05) is 12.1 Å². The maximum absolute atomic E-state index is 5.36. The monoisotopic (exact) mass is 286 g/mol. The number of allylic oxidation sites excluding steroid dienone is 3. The molecule has 0 radical (unpaired) electrons. The normalized spacial score (nSPS) is 21.2. The zero-order chi connectivity index (χ0) is 15.5. The fraction of sp³-hybridized carbons (Fsp3) is 0.474. The minimum Gasteiger partial charge on any atom is -0.493 e. The van der Waals surface area contributed by atoms with Crippen LogP contribution in [0.2, 0.25) is 0 Å². The Bertz CT molecular complexity index is 553. The van der Waals surface area contributed by atoms with Crippen molar-refractivity contribution in [2.75, 3.05) is 14.2 Å². The molecule has 1 aliphatic carbocycles. The third-order valence-electron chi connectivity index (χ3n) is 4.48. The molecule has 0 N–H and O–H groups in total. The molecular formula is C19H26O2. The lowest BCUT2D eigenvalue weighted by atomic mass is 9.68. The maximum atomic E-state index is 5.36. The minimum atomic E-state index is 0.325. The van der Waals surface area contributed by atoms with Crippen LogP contribution < -0.4 is 9.47 Å². The molecule has 2 rings (SSSR count). The molecule has 0 heterocycles. The quantitative estimate of drug-likeness (QED) is 0.717. The first-order valence-corrected chi connectivity index (χ1v) is 7.55. The second-order valence-electron chi connectivity index (χ2n) is 6.43. The minimum absolute atomic E-state index is 0.325. The van der Waals surface area contributed by atoms with Crippen LogP contribution in [0.15, 0.2) is 35.9 Å². The highest BCUT2D eigenvalue weighted by Gasteiger charge is 2.30. The van der Waals surface area contributed by atoms with Crippen molar-refractivity contribution < 1.29 is 9.47 Å². The fourth-order valence-corrected chi connectivity index (χ4v) is 3.15. The molecule has 1 aromatic carbocycles. The summed E-state index contributed by atoms with van der Waals surface area (Å²) in [6.07, 6.45) is 9.32. The first kappa shape index (κ1) is 15.7. The Morgan fingerprint density at radius 3 is 2.48 bits per heavy atom. The van der Waals surface area contributed by atoms with Gasteiger partial charge in [0.05, 0.1) is 14.2 Å². The summed E-state index contributed by atoms with van der Waals surface area (Å²) in [6.45, 7) is 6.95. The van der Waals surface area contributed by atoms with Gasteiger partial charge in [-0.3, -0.25) is 0 Å². The Morgan fingerprint density at radius 2 is 1.86 bits per heavy atom. The molecule has 0 fully saturated rings. The van der Waals surface area contributed by atoms with Crippen LogP contribution >= 0.6 is 0 Å². The summed E-state index contributed by atoms with van der Waals surface area (Å²) in [6, 6.07) is 6.03. The van der Waals surface area contributed by atoms with Crippen LogP contribution in [0.5, 0.6) is 11.5 Å². The van der Waals surface area contributed by atoms with Crippen LogP contribution in [0, 0.1) is 11.3 Å². The van der Waals surface area contributed by atoms with Crippen molar-refractivity contribution in [1.29, 1.82) is 0 Å². The smallest absolute Gasteiger partial charge is 0.161 e. The molecule has 2 heteroatoms. The van der Waals surface area contributed by atoms with Gasteiger partial charge in [-0.15, -0.1) is 0 Å². The zero-order valence-corrected chi connectivity index (χ0v) is 13.8. The van der Waals surface area contributed by atoms with Crippen LogP contribution in [0.25, 0.3) is 6.08 Å². The van der Waals surface area contributed by atoms with E-state index < -0.39 is 0 Å². The molecule has 2 nitrogen and oxygen atoms in total. The molecule has 114 valence electrons. The fourth-order valence-electron chi connectivity index (χ4n) is 3.15. The number of hydrogen-bond donors (Lipinski definition) is 0. The summed E-state index contributed by atoms with van der Waals surface area (Å²) in [5.41, 5.74) is 2.94. The van der Waals surface area contributed by atoms with Crippen LogP contribution in [0.3, 0.4) is 0 Å². The highest BCUT2D eigenvalue weighted by atomic mass is 16.5. The summed E-state index contributed by atoms with van der Waals surface area (Å²) in [4.78, 5) is 0. The number of rotatable bonds is 4. The van der Waals surface area contributed by atoms with Gasteiger partial charge in [0.1, 0.15) is 0 Å². The number of ether oxygens (including phenoxy) is 2. The standard InChI is InChI=1S/C19H26O2/c1-14-7-6-12-19(2,3)16(14)10-8-15-9-11-17(20-4)18(13-15)21-5/h7-11,13,16H,6,12H2,1-5H3/b10-8+. The van der Waals surface area contributed by atoms with Crippen molar-refractivity contribution in [3.63, 3.8) is 0 Å². The Morgan fingerprint density at radius 1 is 1.14 bits per heavy atom. The third-order valence-corrected chi connectivity index (χ3v) is 4.48. The summed E-state index contributed by atoms with van der Waals surface area (Å²) in [5, 5.41) is 0. The van der Waals surface area contributed by atoms with Crippen LogP contribution in [0.1, 0.15) is 39.2 Å². The molecule has 0 amide bonds. The highest BCUT2D eigenvalue weighted by molar-refractivity contribution is 5.56. The van der Waals surface area contributed by atoms with Gasteiger partial charge in [-0.05, 0) is 42.9 Å². The van der Waals surface area contributed by atoms with Crippen LogP contribution in [-0.2, 0) is 0 Å². The van der Waals surface area contributed by atoms with Crippen molar-refractivity contribution in [2.24, 2.45) is 11.3 Å². The molecule has 0 bridgehead atoms. The molecule has 0 saturated carbocycles. The lowest BCUT2D eigenvalue weighted by Gasteiger charge is -2.36. The maximum Gasteiger partial charge on any atom is 0.161 e. The summed E-state index contributed by atoms with van der Waals surface area (Å²) in [5.74, 6) is 2.04. The molecule has 21 heavy (non-hydrogen) atoms. The van der Waals surface area contributed by atoms with E-state index in [2.05, 4.69) is 45.1 Å². The molecule has 0 spiro atoms. The van der Waals surface area contributed by atoms with Crippen molar-refractivity contribution in [2.45, 2.75) is 33.6 Å². The topological polar surface area (TPSA) is 18.5 Å². The van der Waals surface area contributed by atoms with E-state index in [1.165, 1.54) is 18.4 Å². The summed E-state index contributed by atoms with van der Waals surface area (Å²) >= 11 is 0. The van der Waals surface area contributed by atoms with E-state index in [9.17, 15) is 0 Å². The van der Waals surface area contributed by atoms with Gasteiger partial charge in [-0.2, -0.15) is 0 Å². The number of benzene rings is 1. The SMILES string of the molecule is COc1ccc(/C=C/C2C(C)=CCCC2(C)C)cc1OC. The van der Waals surface area contributed by atoms with Gasteiger partial charge in [-0.25, -0.2) is 0 Å². The Kier molecular flexibility index (Phi) is 4.76. The summed E-state index contributed by atoms with van der Waals surface area (Å²) in [7, 11) is 3.33. The second-order valence-corrected chi connectivity index (χ2v) is 6.43. The molecule has 1 aromatic rings. The molecule has 0 aliphatic heterocycles. The van der Waals surface area contributed by atoms with Crippen molar-refractivity contribution in [3.8, 4) is 11.5 Å². The largest absolute Gasteiger partial charge is 0.493 e. The van der Waals surface area contributed by atoms with Crippen LogP contribution in [-0.4, -0.2) is 14.2 Å². The molecule has 1 unspecified atom stereocenters. The zero-order valence-electron chi connectivity index (χ0n) is 13.8. The average molecular weight is 286 g/mol. The van der Waals surface area contributed by atoms with Gasteiger partial charge in [0.25, 0.3) is 0 Å². The van der Waals surface area contributed by atoms with Crippen molar-refractivity contribution in [3.05, 3.63) is 41.5 Å². The van der Waals surface area contributed by atoms with Crippen molar-refractivity contribution in [1.82, 2.24) is 0 Å². The van der Waals surface area contributed by atoms with Gasteiger partial charge in [0, 0.05) is 5.92 Å². The van der Waals surface area contributed by atoms with E-state index in [0.717, 1.165) is 17.1 Å². The van der Waals surface area contributed by atoms with Gasteiger partial charge < -0.3 is 9.47 Å². The molecule has 0 saturated heterocycles. The first-order chi connectivity index (χ1) is 9.97. The van der Waals surface area contributed by atoms with E-state index in [4.69, 9.17) is 9.47 Å². The molecular weight excluding hydrogens is 260 g/mol. The number of methoxy groups -OCH3 is 2. The first-order valence-electron chi connectivity index (χ1n) is 7.55. The predicted octanol–water partition coefficient (Wildman–Crippen LogP) is 5.10. The molecule has 1 aliphatic rings. The van der Waals surface area contributed by atoms with Crippen LogP contribution in [0.4, 0.5) is 0 Å². The molecule has 1 atom stereocenters. The summed E-state index contributed by atoms with van der Waals surface area (Å²) < 4.78 is 10.6. The van der Waals surface area contributed by atoms with E-state index in [-0.39, 0.29) is 0 Å². The number of hydrogen-bond acceptors (Lipinski definition) is 2. The van der Waals surface area contributed by atoms with Gasteiger partial charge in [0.15, 0.2) is 11.5 Å². The van der Waals surface area contributed by atoms with E-state index >= 15 is 0 Å². The van der Waals surface area contributed by atoms with E-state index in [1.54, 1.807) is 14.2 Å². The lowest BCUT2D eigenvalue weighted by molar-refractivity contribution is 0.256.